The zero-order valence-corrected chi connectivity index (χ0v) is 11.2. The maximum Gasteiger partial charge on any atom is 0.239 e. The molecule has 0 bridgehead atoms. The van der Waals surface area contributed by atoms with Gasteiger partial charge in [-0.15, -0.1) is 0 Å². The number of nitrogens with one attached hydrogen (secondary N) is 1. The minimum atomic E-state index is -0.192. The van der Waals surface area contributed by atoms with E-state index in [4.69, 9.17) is 4.74 Å². The maximum absolute atomic E-state index is 11.9. The summed E-state index contributed by atoms with van der Waals surface area (Å²) < 4.78 is 5.56. The lowest BCUT2D eigenvalue weighted by molar-refractivity contribution is -0.121. The van der Waals surface area contributed by atoms with Gasteiger partial charge in [0.1, 0.15) is 12.4 Å². The van der Waals surface area contributed by atoms with E-state index in [0.717, 1.165) is 18.0 Å². The van der Waals surface area contributed by atoms with Crippen LogP contribution >= 0.6 is 0 Å². The second-order valence-electron chi connectivity index (χ2n) is 5.54. The Balaban J connectivity index is 2.05. The number of hydrogen-bond acceptors (Lipinski definition) is 3. The number of rotatable bonds is 2. The zero-order valence-electron chi connectivity index (χ0n) is 11.2. The predicted octanol–water partition coefficient (Wildman–Crippen LogP) is 1.80. The Kier molecular flexibility index (Phi) is 3.45. The number of amides is 1. The van der Waals surface area contributed by atoms with Crippen LogP contribution in [0, 0.1) is 0 Å². The van der Waals surface area contributed by atoms with Gasteiger partial charge in [0.25, 0.3) is 0 Å². The molecule has 0 aliphatic carbocycles. The van der Waals surface area contributed by atoms with Crippen molar-refractivity contribution in [1.29, 1.82) is 0 Å². The van der Waals surface area contributed by atoms with Crippen molar-refractivity contribution in [3.8, 4) is 5.75 Å². The van der Waals surface area contributed by atoms with Gasteiger partial charge in [0.15, 0.2) is 0 Å². The first-order valence-corrected chi connectivity index (χ1v) is 6.23. The first kappa shape index (κ1) is 12.7. The molecule has 1 amide bonds. The van der Waals surface area contributed by atoms with Crippen molar-refractivity contribution in [2.75, 3.05) is 24.6 Å². The molecule has 0 aromatic heterocycles. The Morgan fingerprint density at radius 3 is 2.83 bits per heavy atom. The smallest absolute Gasteiger partial charge is 0.239 e. The van der Waals surface area contributed by atoms with Gasteiger partial charge in [-0.1, -0.05) is 12.1 Å². The van der Waals surface area contributed by atoms with Crippen LogP contribution < -0.4 is 15.0 Å². The lowest BCUT2D eigenvalue weighted by atomic mass is 10.1. The molecule has 4 heteroatoms. The average Bonchev–Trinajstić information content (AvgIpc) is 2.27. The number of para-hydroxylation sites is 2. The van der Waals surface area contributed by atoms with E-state index in [0.29, 0.717) is 13.2 Å². The standard InChI is InChI=1S/C14H20N2O2/c1-14(2,3)15-13(17)10-16-8-9-18-12-7-5-4-6-11(12)16/h4-7H,8-10H2,1-3H3,(H,15,17). The van der Waals surface area contributed by atoms with E-state index in [-0.39, 0.29) is 11.4 Å². The summed E-state index contributed by atoms with van der Waals surface area (Å²) in [5.74, 6) is 0.895. The molecule has 0 fully saturated rings. The van der Waals surface area contributed by atoms with Crippen LogP contribution in [0.3, 0.4) is 0 Å². The van der Waals surface area contributed by atoms with Crippen molar-refractivity contribution < 1.29 is 9.53 Å². The fourth-order valence-corrected chi connectivity index (χ4v) is 2.02. The average molecular weight is 248 g/mol. The molecule has 98 valence electrons. The minimum absolute atomic E-state index is 0.0409. The van der Waals surface area contributed by atoms with Crippen LogP contribution in [0.25, 0.3) is 0 Å². The van der Waals surface area contributed by atoms with Gasteiger partial charge in [-0.3, -0.25) is 4.79 Å². The van der Waals surface area contributed by atoms with Crippen molar-refractivity contribution >= 4 is 11.6 Å². The van der Waals surface area contributed by atoms with Crippen LogP contribution in [0.4, 0.5) is 5.69 Å². The number of ether oxygens (including phenoxy) is 1. The molecule has 0 unspecified atom stereocenters. The molecule has 18 heavy (non-hydrogen) atoms. The van der Waals surface area contributed by atoms with Crippen LogP contribution in [-0.2, 0) is 4.79 Å². The molecule has 0 spiro atoms. The highest BCUT2D eigenvalue weighted by molar-refractivity contribution is 5.82. The van der Waals surface area contributed by atoms with Crippen LogP contribution in [0.1, 0.15) is 20.8 Å². The van der Waals surface area contributed by atoms with Gasteiger partial charge in [-0.2, -0.15) is 0 Å². The Bertz CT molecular complexity index is 438. The number of fused-ring (bicyclic) bond motifs is 1. The molecule has 1 aromatic carbocycles. The molecule has 1 N–H and O–H groups in total. The van der Waals surface area contributed by atoms with E-state index in [9.17, 15) is 4.79 Å². The maximum atomic E-state index is 11.9. The normalized spacial score (nSPS) is 14.7. The third kappa shape index (κ3) is 3.15. The van der Waals surface area contributed by atoms with Crippen LogP contribution in [0.5, 0.6) is 5.75 Å². The van der Waals surface area contributed by atoms with E-state index in [1.807, 2.05) is 45.0 Å². The summed E-state index contributed by atoms with van der Waals surface area (Å²) in [4.78, 5) is 14.0. The van der Waals surface area contributed by atoms with Gasteiger partial charge in [0.2, 0.25) is 5.91 Å². The Labute approximate surface area is 108 Å². The van der Waals surface area contributed by atoms with Crippen LogP contribution in [0.15, 0.2) is 24.3 Å². The van der Waals surface area contributed by atoms with Gasteiger partial charge in [-0.05, 0) is 32.9 Å². The lowest BCUT2D eigenvalue weighted by Gasteiger charge is -2.31. The van der Waals surface area contributed by atoms with Gasteiger partial charge < -0.3 is 15.0 Å². The fraction of sp³-hybridized carbons (Fsp3) is 0.500. The molecule has 4 nitrogen and oxygen atoms in total. The molecule has 0 radical (unpaired) electrons. The molecule has 0 atom stereocenters. The largest absolute Gasteiger partial charge is 0.490 e. The first-order chi connectivity index (χ1) is 8.46. The van der Waals surface area contributed by atoms with Crippen molar-refractivity contribution in [1.82, 2.24) is 5.32 Å². The van der Waals surface area contributed by atoms with Crippen molar-refractivity contribution in [3.63, 3.8) is 0 Å². The molecule has 1 heterocycles. The molecule has 2 rings (SSSR count). The van der Waals surface area contributed by atoms with Gasteiger partial charge in [0, 0.05) is 5.54 Å². The Hall–Kier alpha value is -1.71. The van der Waals surface area contributed by atoms with Crippen LogP contribution in [0.2, 0.25) is 0 Å². The van der Waals surface area contributed by atoms with Crippen LogP contribution in [-0.4, -0.2) is 31.1 Å². The number of carbonyl (C=O) groups is 1. The summed E-state index contributed by atoms with van der Waals surface area (Å²) in [5, 5.41) is 2.98. The third-order valence-corrected chi connectivity index (χ3v) is 2.67. The number of carbonyl (C=O) groups excluding carboxylic acids is 1. The van der Waals surface area contributed by atoms with E-state index in [1.54, 1.807) is 0 Å². The summed E-state index contributed by atoms with van der Waals surface area (Å²) in [5.41, 5.74) is 0.802. The summed E-state index contributed by atoms with van der Waals surface area (Å²) in [6.45, 7) is 7.69. The second kappa shape index (κ2) is 4.88. The number of anilines is 1. The molecule has 1 aromatic rings. The highest BCUT2D eigenvalue weighted by Crippen LogP contribution is 2.30. The summed E-state index contributed by atoms with van der Waals surface area (Å²) in [6.07, 6.45) is 0. The monoisotopic (exact) mass is 248 g/mol. The minimum Gasteiger partial charge on any atom is -0.490 e. The molecule has 0 saturated carbocycles. The molecule has 0 saturated heterocycles. The van der Waals surface area contributed by atoms with Gasteiger partial charge >= 0.3 is 0 Å². The number of nitrogens with zero attached hydrogens (tertiary/aromatic N) is 1. The molecule has 1 aliphatic rings. The van der Waals surface area contributed by atoms with E-state index >= 15 is 0 Å². The fourth-order valence-electron chi connectivity index (χ4n) is 2.02. The highest BCUT2D eigenvalue weighted by Gasteiger charge is 2.21. The molecular formula is C14H20N2O2. The highest BCUT2D eigenvalue weighted by atomic mass is 16.5. The third-order valence-electron chi connectivity index (χ3n) is 2.67. The van der Waals surface area contributed by atoms with Crippen molar-refractivity contribution in [2.24, 2.45) is 0 Å². The van der Waals surface area contributed by atoms with E-state index in [2.05, 4.69) is 10.2 Å². The molecule has 1 aliphatic heterocycles. The van der Waals surface area contributed by atoms with Gasteiger partial charge in [0.05, 0.1) is 18.8 Å². The van der Waals surface area contributed by atoms with Gasteiger partial charge in [-0.25, -0.2) is 0 Å². The summed E-state index contributed by atoms with van der Waals surface area (Å²) >= 11 is 0. The number of benzene rings is 1. The van der Waals surface area contributed by atoms with E-state index < -0.39 is 0 Å². The quantitative estimate of drug-likeness (QED) is 0.867. The lowest BCUT2D eigenvalue weighted by Crippen LogP contribution is -2.47. The first-order valence-electron chi connectivity index (χ1n) is 6.23. The number of hydrogen-bond donors (Lipinski definition) is 1. The molecular weight excluding hydrogens is 228 g/mol. The van der Waals surface area contributed by atoms with Crippen molar-refractivity contribution in [2.45, 2.75) is 26.3 Å². The Morgan fingerprint density at radius 1 is 1.39 bits per heavy atom. The zero-order chi connectivity index (χ0) is 13.2. The summed E-state index contributed by atoms with van der Waals surface area (Å²) in [7, 11) is 0. The topological polar surface area (TPSA) is 41.6 Å². The van der Waals surface area contributed by atoms with Crippen molar-refractivity contribution in [3.05, 3.63) is 24.3 Å². The summed E-state index contributed by atoms with van der Waals surface area (Å²) in [6, 6.07) is 7.82. The SMILES string of the molecule is CC(C)(C)NC(=O)CN1CCOc2ccccc21. The van der Waals surface area contributed by atoms with E-state index in [1.165, 1.54) is 0 Å². The Morgan fingerprint density at radius 2 is 2.11 bits per heavy atom. The predicted molar refractivity (Wildman–Crippen MR) is 72.0 cm³/mol. The second-order valence-corrected chi connectivity index (χ2v) is 5.54.